The lowest BCUT2D eigenvalue weighted by molar-refractivity contribution is -0.140. The first kappa shape index (κ1) is 15.9. The van der Waals surface area contributed by atoms with E-state index in [2.05, 4.69) is 5.32 Å². The molecule has 1 aliphatic heterocycles. The minimum atomic E-state index is -0.609. The predicted octanol–water partition coefficient (Wildman–Crippen LogP) is -1.69. The van der Waals surface area contributed by atoms with Crippen molar-refractivity contribution in [1.82, 2.24) is 10.2 Å². The van der Waals surface area contributed by atoms with Crippen molar-refractivity contribution >= 4 is 11.8 Å². The average molecular weight is 273 g/mol. The standard InChI is InChI=1S/C12H23N3O4/c1-8(2)11(13)12(18)14-5-10(17)15-3-4-19-9(6-15)7-16/h8-9,11,16H,3-7,13H2,1-2H3,(H,14,18)/t9?,11-/m0/s1. The molecule has 7 nitrogen and oxygen atoms in total. The van der Waals surface area contributed by atoms with Crippen LogP contribution in [0.4, 0.5) is 0 Å². The third-order valence-corrected chi connectivity index (χ3v) is 3.13. The number of hydrogen-bond donors (Lipinski definition) is 3. The van der Waals surface area contributed by atoms with Crippen LogP contribution in [-0.2, 0) is 14.3 Å². The van der Waals surface area contributed by atoms with Gasteiger partial charge in [-0.15, -0.1) is 0 Å². The number of nitrogens with two attached hydrogens (primary N) is 1. The first-order chi connectivity index (χ1) is 8.95. The van der Waals surface area contributed by atoms with Gasteiger partial charge in [0.15, 0.2) is 0 Å². The number of carbonyl (C=O) groups excluding carboxylic acids is 2. The second-order valence-corrected chi connectivity index (χ2v) is 5.00. The van der Waals surface area contributed by atoms with Crippen molar-refractivity contribution in [3.63, 3.8) is 0 Å². The molecule has 0 aromatic heterocycles. The maximum Gasteiger partial charge on any atom is 0.242 e. The van der Waals surface area contributed by atoms with E-state index in [1.807, 2.05) is 13.8 Å². The summed E-state index contributed by atoms with van der Waals surface area (Å²) in [5.74, 6) is -0.487. The molecule has 0 aromatic carbocycles. The molecule has 7 heteroatoms. The fraction of sp³-hybridized carbons (Fsp3) is 0.833. The van der Waals surface area contributed by atoms with Crippen LogP contribution < -0.4 is 11.1 Å². The average Bonchev–Trinajstić information content (AvgIpc) is 2.43. The molecule has 110 valence electrons. The van der Waals surface area contributed by atoms with Gasteiger partial charge in [-0.25, -0.2) is 0 Å². The number of morpholine rings is 1. The Balaban J connectivity index is 2.36. The lowest BCUT2D eigenvalue weighted by Gasteiger charge is -2.32. The smallest absolute Gasteiger partial charge is 0.242 e. The summed E-state index contributed by atoms with van der Waals surface area (Å²) in [4.78, 5) is 25.1. The highest BCUT2D eigenvalue weighted by atomic mass is 16.5. The Hall–Kier alpha value is -1.18. The molecule has 0 spiro atoms. The third-order valence-electron chi connectivity index (χ3n) is 3.13. The highest BCUT2D eigenvalue weighted by molar-refractivity contribution is 5.87. The number of hydrogen-bond acceptors (Lipinski definition) is 5. The van der Waals surface area contributed by atoms with Crippen LogP contribution >= 0.6 is 0 Å². The zero-order chi connectivity index (χ0) is 14.4. The molecule has 2 atom stereocenters. The molecule has 1 aliphatic rings. The lowest BCUT2D eigenvalue weighted by Crippen LogP contribution is -2.52. The second kappa shape index (κ2) is 7.42. The first-order valence-electron chi connectivity index (χ1n) is 6.49. The molecule has 19 heavy (non-hydrogen) atoms. The van der Waals surface area contributed by atoms with Crippen molar-refractivity contribution in [3.8, 4) is 0 Å². The highest BCUT2D eigenvalue weighted by Gasteiger charge is 2.24. The van der Waals surface area contributed by atoms with Crippen molar-refractivity contribution in [1.29, 1.82) is 0 Å². The van der Waals surface area contributed by atoms with Gasteiger partial charge in [0.1, 0.15) is 0 Å². The van der Waals surface area contributed by atoms with Gasteiger partial charge in [-0.3, -0.25) is 9.59 Å². The molecule has 0 saturated carbocycles. The van der Waals surface area contributed by atoms with Crippen LogP contribution in [0, 0.1) is 5.92 Å². The van der Waals surface area contributed by atoms with Gasteiger partial charge in [-0.2, -0.15) is 0 Å². The summed E-state index contributed by atoms with van der Waals surface area (Å²) in [5, 5.41) is 11.5. The normalized spacial score (nSPS) is 21.3. The number of amides is 2. The van der Waals surface area contributed by atoms with Crippen LogP contribution in [0.25, 0.3) is 0 Å². The molecule has 1 rings (SSSR count). The number of nitrogens with zero attached hydrogens (tertiary/aromatic N) is 1. The Labute approximate surface area is 113 Å². The number of ether oxygens (including phenoxy) is 1. The summed E-state index contributed by atoms with van der Waals surface area (Å²) < 4.78 is 5.25. The SMILES string of the molecule is CC(C)[C@H](N)C(=O)NCC(=O)N1CCOC(CO)C1. The van der Waals surface area contributed by atoms with Crippen LogP contribution in [0.2, 0.25) is 0 Å². The van der Waals surface area contributed by atoms with Gasteiger partial charge in [-0.1, -0.05) is 13.8 Å². The van der Waals surface area contributed by atoms with Gasteiger partial charge < -0.3 is 25.8 Å². The van der Waals surface area contributed by atoms with Gasteiger partial charge in [0.05, 0.1) is 31.9 Å². The van der Waals surface area contributed by atoms with Crippen LogP contribution in [0.15, 0.2) is 0 Å². The molecular formula is C12H23N3O4. The van der Waals surface area contributed by atoms with E-state index in [0.29, 0.717) is 19.7 Å². The molecule has 4 N–H and O–H groups in total. The quantitative estimate of drug-likeness (QED) is 0.554. The third kappa shape index (κ3) is 4.77. The maximum absolute atomic E-state index is 11.9. The summed E-state index contributed by atoms with van der Waals surface area (Å²) in [5.41, 5.74) is 5.68. The van der Waals surface area contributed by atoms with Gasteiger partial charge in [-0.05, 0) is 5.92 Å². The van der Waals surface area contributed by atoms with Crippen molar-refractivity contribution in [2.24, 2.45) is 11.7 Å². The largest absolute Gasteiger partial charge is 0.394 e. The number of aliphatic hydroxyl groups is 1. The summed E-state index contributed by atoms with van der Waals surface area (Å²) in [7, 11) is 0. The predicted molar refractivity (Wildman–Crippen MR) is 69.2 cm³/mol. The van der Waals surface area contributed by atoms with E-state index in [1.54, 1.807) is 4.90 Å². The monoisotopic (exact) mass is 273 g/mol. The molecule has 0 aliphatic carbocycles. The van der Waals surface area contributed by atoms with Crippen molar-refractivity contribution in [2.75, 3.05) is 32.8 Å². The van der Waals surface area contributed by atoms with Crippen molar-refractivity contribution < 1.29 is 19.4 Å². The molecule has 1 saturated heterocycles. The van der Waals surface area contributed by atoms with E-state index < -0.39 is 6.04 Å². The van der Waals surface area contributed by atoms with Gasteiger partial charge in [0.2, 0.25) is 11.8 Å². The molecule has 1 fully saturated rings. The zero-order valence-electron chi connectivity index (χ0n) is 11.5. The van der Waals surface area contributed by atoms with E-state index in [-0.39, 0.29) is 37.0 Å². The minimum absolute atomic E-state index is 0.0252. The fourth-order valence-corrected chi connectivity index (χ4v) is 1.75. The number of nitrogens with one attached hydrogen (secondary N) is 1. The van der Waals surface area contributed by atoms with Crippen molar-refractivity contribution in [2.45, 2.75) is 26.0 Å². The van der Waals surface area contributed by atoms with Crippen molar-refractivity contribution in [3.05, 3.63) is 0 Å². The van der Waals surface area contributed by atoms with E-state index in [0.717, 1.165) is 0 Å². The van der Waals surface area contributed by atoms with Gasteiger partial charge >= 0.3 is 0 Å². The Morgan fingerprint density at radius 1 is 1.53 bits per heavy atom. The topological polar surface area (TPSA) is 105 Å². The molecule has 0 bridgehead atoms. The van der Waals surface area contributed by atoms with E-state index >= 15 is 0 Å². The molecule has 1 heterocycles. The maximum atomic E-state index is 11.9. The Morgan fingerprint density at radius 2 is 2.21 bits per heavy atom. The Morgan fingerprint density at radius 3 is 2.79 bits per heavy atom. The summed E-state index contributed by atoms with van der Waals surface area (Å²) in [6, 6.07) is -0.609. The fourth-order valence-electron chi connectivity index (χ4n) is 1.75. The number of rotatable bonds is 5. The molecule has 2 amide bonds. The van der Waals surface area contributed by atoms with Crippen LogP contribution in [0.5, 0.6) is 0 Å². The molecular weight excluding hydrogens is 250 g/mol. The van der Waals surface area contributed by atoms with E-state index in [9.17, 15) is 9.59 Å². The molecule has 0 aromatic rings. The van der Waals surface area contributed by atoms with Gasteiger partial charge in [0.25, 0.3) is 0 Å². The van der Waals surface area contributed by atoms with Crippen LogP contribution in [0.1, 0.15) is 13.8 Å². The van der Waals surface area contributed by atoms with Crippen LogP contribution in [0.3, 0.4) is 0 Å². The number of carbonyl (C=O) groups is 2. The van der Waals surface area contributed by atoms with Gasteiger partial charge in [0, 0.05) is 13.1 Å². The minimum Gasteiger partial charge on any atom is -0.394 e. The van der Waals surface area contributed by atoms with E-state index in [1.165, 1.54) is 0 Å². The molecule has 0 radical (unpaired) electrons. The first-order valence-corrected chi connectivity index (χ1v) is 6.49. The molecule has 1 unspecified atom stereocenters. The van der Waals surface area contributed by atoms with Crippen LogP contribution in [-0.4, -0.2) is 66.8 Å². The second-order valence-electron chi connectivity index (χ2n) is 5.00. The van der Waals surface area contributed by atoms with E-state index in [4.69, 9.17) is 15.6 Å². The Kier molecular flexibility index (Phi) is 6.20. The zero-order valence-corrected chi connectivity index (χ0v) is 11.5. The summed E-state index contributed by atoms with van der Waals surface area (Å²) in [6.45, 7) is 4.73. The summed E-state index contributed by atoms with van der Waals surface area (Å²) in [6.07, 6.45) is -0.341. The Bertz CT molecular complexity index is 322. The summed E-state index contributed by atoms with van der Waals surface area (Å²) >= 11 is 0. The highest BCUT2D eigenvalue weighted by Crippen LogP contribution is 2.04. The number of aliphatic hydroxyl groups excluding tert-OH is 1. The lowest BCUT2D eigenvalue weighted by atomic mass is 10.1.